The van der Waals surface area contributed by atoms with Crippen LogP contribution in [0.5, 0.6) is 0 Å². The highest BCUT2D eigenvalue weighted by Crippen LogP contribution is 2.37. The molecule has 0 spiro atoms. The van der Waals surface area contributed by atoms with Crippen LogP contribution < -0.4 is 5.32 Å². The molecule has 0 aliphatic carbocycles. The van der Waals surface area contributed by atoms with E-state index in [4.69, 9.17) is 0 Å². The molecule has 1 aliphatic rings. The second-order valence-corrected chi connectivity index (χ2v) is 9.12. The first kappa shape index (κ1) is 20.6. The summed E-state index contributed by atoms with van der Waals surface area (Å²) in [4.78, 5) is 15.7. The van der Waals surface area contributed by atoms with Gasteiger partial charge < -0.3 is 14.8 Å². The van der Waals surface area contributed by atoms with Crippen LogP contribution in [0.4, 0.5) is 10.5 Å². The zero-order chi connectivity index (χ0) is 22.2. The number of urea groups is 1. The number of amides is 2. The van der Waals surface area contributed by atoms with Gasteiger partial charge in [-0.1, -0.05) is 64.0 Å². The highest BCUT2D eigenvalue weighted by atomic mass is 79.9. The van der Waals surface area contributed by atoms with E-state index >= 15 is 0 Å². The monoisotopic (exact) mass is 485 g/mol. The van der Waals surface area contributed by atoms with Crippen LogP contribution in [0, 0.1) is 13.8 Å². The van der Waals surface area contributed by atoms with E-state index in [2.05, 4.69) is 81.4 Å². The lowest BCUT2D eigenvalue weighted by Gasteiger charge is -2.31. The van der Waals surface area contributed by atoms with Crippen LogP contribution >= 0.6 is 15.9 Å². The van der Waals surface area contributed by atoms with E-state index < -0.39 is 0 Å². The molecule has 4 aromatic rings. The number of hydrogen-bond donors (Lipinski definition) is 1. The number of aromatic nitrogens is 1. The molecule has 0 saturated heterocycles. The number of halogens is 1. The topological polar surface area (TPSA) is 37.3 Å². The van der Waals surface area contributed by atoms with Gasteiger partial charge in [0.05, 0.1) is 18.3 Å². The third-order valence-corrected chi connectivity index (χ3v) is 6.88. The minimum Gasteiger partial charge on any atom is -0.318 e. The van der Waals surface area contributed by atoms with E-state index in [0.29, 0.717) is 6.54 Å². The summed E-state index contributed by atoms with van der Waals surface area (Å²) in [5.41, 5.74) is 7.43. The maximum Gasteiger partial charge on any atom is 0.322 e. The van der Waals surface area contributed by atoms with Crippen molar-refractivity contribution in [3.05, 3.63) is 117 Å². The van der Waals surface area contributed by atoms with Gasteiger partial charge in [-0.3, -0.25) is 0 Å². The second kappa shape index (κ2) is 8.32. The van der Waals surface area contributed by atoms with E-state index in [1.54, 1.807) is 0 Å². The van der Waals surface area contributed by atoms with Gasteiger partial charge >= 0.3 is 6.03 Å². The minimum absolute atomic E-state index is 0.123. The van der Waals surface area contributed by atoms with Gasteiger partial charge in [-0.05, 0) is 66.9 Å². The first-order chi connectivity index (χ1) is 15.5. The number of carbonyl (C=O) groups is 1. The van der Waals surface area contributed by atoms with Crippen LogP contribution in [-0.4, -0.2) is 15.5 Å². The summed E-state index contributed by atoms with van der Waals surface area (Å²) in [5, 5.41) is 3.13. The Morgan fingerprint density at radius 3 is 2.62 bits per heavy atom. The average Bonchev–Trinajstić information content (AvgIpc) is 3.20. The van der Waals surface area contributed by atoms with Crippen molar-refractivity contribution < 1.29 is 4.79 Å². The number of rotatable bonds is 2. The zero-order valence-corrected chi connectivity index (χ0v) is 19.6. The van der Waals surface area contributed by atoms with Crippen molar-refractivity contribution >= 4 is 27.6 Å². The predicted molar refractivity (Wildman–Crippen MR) is 132 cm³/mol. The molecule has 0 saturated carbocycles. The molecular weight excluding hydrogens is 462 g/mol. The Hall–Kier alpha value is -3.31. The lowest BCUT2D eigenvalue weighted by atomic mass is 10.00. The Labute approximate surface area is 196 Å². The van der Waals surface area contributed by atoms with Gasteiger partial charge in [0.2, 0.25) is 0 Å². The highest BCUT2D eigenvalue weighted by Gasteiger charge is 2.33. The minimum atomic E-state index is -0.214. The molecule has 160 valence electrons. The van der Waals surface area contributed by atoms with Crippen molar-refractivity contribution in [1.29, 1.82) is 0 Å². The van der Waals surface area contributed by atoms with Crippen molar-refractivity contribution in [1.82, 2.24) is 9.47 Å². The third kappa shape index (κ3) is 3.73. The number of nitrogens with zero attached hydrogens (tertiary/aromatic N) is 2. The van der Waals surface area contributed by atoms with E-state index in [1.165, 1.54) is 5.56 Å². The summed E-state index contributed by atoms with van der Waals surface area (Å²) < 4.78 is 3.23. The zero-order valence-electron chi connectivity index (χ0n) is 18.0. The Balaban J connectivity index is 1.63. The molecule has 1 atom stereocenters. The van der Waals surface area contributed by atoms with Crippen molar-refractivity contribution in [3.63, 3.8) is 0 Å². The number of carbonyl (C=O) groups excluding carboxylic acids is 1. The SMILES string of the molecule is Cc1cccc(C2c3cccn3-c3ccccc3CN2C(=O)Nc2ccc(Br)c(C)c2)c1. The van der Waals surface area contributed by atoms with Crippen molar-refractivity contribution in [2.45, 2.75) is 26.4 Å². The lowest BCUT2D eigenvalue weighted by molar-refractivity contribution is 0.194. The molecular formula is C27H24BrN3O. The van der Waals surface area contributed by atoms with E-state index in [-0.39, 0.29) is 12.1 Å². The molecule has 1 aromatic heterocycles. The summed E-state index contributed by atoms with van der Waals surface area (Å²) >= 11 is 3.54. The fourth-order valence-electron chi connectivity index (χ4n) is 4.45. The summed E-state index contributed by atoms with van der Waals surface area (Å²) in [5.74, 6) is 0. The Morgan fingerprint density at radius 1 is 0.969 bits per heavy atom. The van der Waals surface area contributed by atoms with Crippen LogP contribution in [-0.2, 0) is 6.54 Å². The molecule has 1 unspecified atom stereocenters. The first-order valence-electron chi connectivity index (χ1n) is 10.7. The molecule has 1 aliphatic heterocycles. The normalized spacial score (nSPS) is 15.0. The number of hydrogen-bond acceptors (Lipinski definition) is 1. The summed E-state index contributed by atoms with van der Waals surface area (Å²) in [6.07, 6.45) is 2.08. The quantitative estimate of drug-likeness (QED) is 0.326. The molecule has 2 heterocycles. The number of anilines is 1. The average molecular weight is 486 g/mol. The van der Waals surface area contributed by atoms with Gasteiger partial charge in [-0.25, -0.2) is 4.79 Å². The van der Waals surface area contributed by atoms with E-state index in [0.717, 1.165) is 38.2 Å². The third-order valence-electron chi connectivity index (χ3n) is 5.99. The lowest BCUT2D eigenvalue weighted by Crippen LogP contribution is -2.38. The van der Waals surface area contributed by atoms with Gasteiger partial charge in [0.1, 0.15) is 0 Å². The number of nitrogens with one attached hydrogen (secondary N) is 1. The fourth-order valence-corrected chi connectivity index (χ4v) is 4.69. The fraction of sp³-hybridized carbons (Fsp3) is 0.148. The van der Waals surface area contributed by atoms with Crippen molar-refractivity contribution in [2.24, 2.45) is 0 Å². The standard InChI is InChI=1S/C27H24BrN3O/c1-18-7-5-9-20(15-18)26-25-11-6-14-30(25)24-10-4-3-8-21(24)17-31(26)27(32)29-22-12-13-23(28)19(2)16-22/h3-16,26H,17H2,1-2H3,(H,29,32). The molecule has 32 heavy (non-hydrogen) atoms. The number of aryl methyl sites for hydroxylation is 2. The van der Waals surface area contributed by atoms with Gasteiger partial charge in [0.15, 0.2) is 0 Å². The molecule has 1 N–H and O–H groups in total. The number of benzene rings is 3. The maximum atomic E-state index is 13.7. The van der Waals surface area contributed by atoms with Crippen LogP contribution in [0.25, 0.3) is 5.69 Å². The van der Waals surface area contributed by atoms with Gasteiger partial charge in [-0.2, -0.15) is 0 Å². The van der Waals surface area contributed by atoms with E-state index in [9.17, 15) is 4.79 Å². The molecule has 2 amide bonds. The van der Waals surface area contributed by atoms with Gasteiger partial charge in [0, 0.05) is 22.1 Å². The Kier molecular flexibility index (Phi) is 5.35. The molecule has 0 bridgehead atoms. The number of fused-ring (bicyclic) bond motifs is 3. The van der Waals surface area contributed by atoms with Crippen LogP contribution in [0.3, 0.4) is 0 Å². The summed E-state index contributed by atoms with van der Waals surface area (Å²) in [6.45, 7) is 4.62. The van der Waals surface area contributed by atoms with Crippen molar-refractivity contribution in [3.8, 4) is 5.69 Å². The largest absolute Gasteiger partial charge is 0.322 e. The summed E-state index contributed by atoms with van der Waals surface area (Å²) in [7, 11) is 0. The highest BCUT2D eigenvalue weighted by molar-refractivity contribution is 9.10. The second-order valence-electron chi connectivity index (χ2n) is 8.27. The smallest absolute Gasteiger partial charge is 0.318 e. The number of para-hydroxylation sites is 1. The van der Waals surface area contributed by atoms with Gasteiger partial charge in [-0.15, -0.1) is 0 Å². The molecule has 0 radical (unpaired) electrons. The molecule has 5 heteroatoms. The molecule has 4 nitrogen and oxygen atoms in total. The molecule has 0 fully saturated rings. The summed E-state index contributed by atoms with van der Waals surface area (Å²) in [6, 6.07) is 26.4. The molecule has 5 rings (SSSR count). The van der Waals surface area contributed by atoms with Crippen LogP contribution in [0.1, 0.15) is 34.0 Å². The molecule has 3 aromatic carbocycles. The predicted octanol–water partition coefficient (Wildman–Crippen LogP) is 6.99. The first-order valence-corrected chi connectivity index (χ1v) is 11.5. The van der Waals surface area contributed by atoms with Gasteiger partial charge in [0.25, 0.3) is 0 Å². The van der Waals surface area contributed by atoms with Crippen molar-refractivity contribution in [2.75, 3.05) is 5.32 Å². The maximum absolute atomic E-state index is 13.7. The van der Waals surface area contributed by atoms with Crippen LogP contribution in [0.2, 0.25) is 0 Å². The Bertz CT molecular complexity index is 1310. The Morgan fingerprint density at radius 2 is 1.81 bits per heavy atom. The van der Waals surface area contributed by atoms with E-state index in [1.807, 2.05) is 48.2 Å². The van der Waals surface area contributed by atoms with Crippen LogP contribution in [0.15, 0.2) is 89.5 Å².